The van der Waals surface area contributed by atoms with Gasteiger partial charge in [0.15, 0.2) is 11.4 Å². The minimum Gasteiger partial charge on any atom is -0.502 e. The molecule has 1 aliphatic rings. The number of amides is 1. The molecular weight excluding hydrogens is 382 g/mol. The molecule has 0 saturated heterocycles. The number of thiophene rings is 2. The molecular formula is C19H19N3O3S2. The van der Waals surface area contributed by atoms with Gasteiger partial charge in [-0.15, -0.1) is 22.7 Å². The van der Waals surface area contributed by atoms with Gasteiger partial charge in [-0.1, -0.05) is 12.1 Å². The number of nitrogens with zero attached hydrogens (tertiary/aromatic N) is 3. The minimum atomic E-state index is -0.636. The van der Waals surface area contributed by atoms with Gasteiger partial charge in [-0.05, 0) is 36.7 Å². The van der Waals surface area contributed by atoms with Gasteiger partial charge >= 0.3 is 0 Å². The Labute approximate surface area is 164 Å². The van der Waals surface area contributed by atoms with E-state index in [0.29, 0.717) is 6.54 Å². The summed E-state index contributed by atoms with van der Waals surface area (Å²) in [6, 6.07) is 7.89. The highest BCUT2D eigenvalue weighted by Crippen LogP contribution is 2.42. The van der Waals surface area contributed by atoms with Crippen LogP contribution in [0.2, 0.25) is 0 Å². The van der Waals surface area contributed by atoms with Gasteiger partial charge in [0, 0.05) is 22.3 Å². The summed E-state index contributed by atoms with van der Waals surface area (Å²) >= 11 is 3.31. The lowest BCUT2D eigenvalue weighted by molar-refractivity contribution is 0.0571. The number of carbonyl (C=O) groups is 1. The van der Waals surface area contributed by atoms with Gasteiger partial charge in [-0.25, -0.2) is 0 Å². The number of fused-ring (bicyclic) bond motifs is 1. The van der Waals surface area contributed by atoms with Gasteiger partial charge in [-0.2, -0.15) is 5.10 Å². The normalized spacial score (nSPS) is 17.0. The molecule has 6 nitrogen and oxygen atoms in total. The smallest absolute Gasteiger partial charge is 0.276 e. The SMILES string of the molecule is CC(C)N1C[C@H](C(c2cccs2)c2cccs2)n2ncc(=O)c(O)c2C1=O. The Bertz CT molecular complexity index is 975. The monoisotopic (exact) mass is 401 g/mol. The lowest BCUT2D eigenvalue weighted by Crippen LogP contribution is -2.49. The standard InChI is InChI=1S/C19H19N3O3S2/c1-11(2)21-10-12(22-17(19(21)25)18(24)13(23)9-20-22)16(14-5-3-7-26-14)15-6-4-8-27-15/h3-9,11-12,16,24H,10H2,1-2H3/t12-/m1/s1. The lowest BCUT2D eigenvalue weighted by Gasteiger charge is -2.40. The number of aromatic nitrogens is 2. The zero-order chi connectivity index (χ0) is 19.1. The first-order valence-electron chi connectivity index (χ1n) is 8.67. The number of hydrogen-bond acceptors (Lipinski definition) is 6. The largest absolute Gasteiger partial charge is 0.502 e. The second-order valence-corrected chi connectivity index (χ2v) is 8.74. The maximum absolute atomic E-state index is 12.9. The lowest BCUT2D eigenvalue weighted by atomic mass is 9.93. The molecule has 27 heavy (non-hydrogen) atoms. The highest BCUT2D eigenvalue weighted by molar-refractivity contribution is 7.11. The zero-order valence-electron chi connectivity index (χ0n) is 14.9. The van der Waals surface area contributed by atoms with Gasteiger partial charge in [0.25, 0.3) is 5.91 Å². The topological polar surface area (TPSA) is 75.4 Å². The van der Waals surface area contributed by atoms with Crippen LogP contribution in [0.25, 0.3) is 0 Å². The summed E-state index contributed by atoms with van der Waals surface area (Å²) in [7, 11) is 0. The molecule has 0 radical (unpaired) electrons. The van der Waals surface area contributed by atoms with Crippen LogP contribution in [-0.4, -0.2) is 38.3 Å². The van der Waals surface area contributed by atoms with Crippen molar-refractivity contribution >= 4 is 28.6 Å². The number of rotatable bonds is 4. The molecule has 4 rings (SSSR count). The molecule has 0 bridgehead atoms. The van der Waals surface area contributed by atoms with E-state index in [1.165, 1.54) is 0 Å². The summed E-state index contributed by atoms with van der Waals surface area (Å²) in [5, 5.41) is 18.7. The van der Waals surface area contributed by atoms with E-state index in [0.717, 1.165) is 16.0 Å². The van der Waals surface area contributed by atoms with Crippen LogP contribution in [0, 0.1) is 0 Å². The second-order valence-electron chi connectivity index (χ2n) is 6.78. The van der Waals surface area contributed by atoms with Crippen LogP contribution < -0.4 is 5.43 Å². The van der Waals surface area contributed by atoms with Crippen LogP contribution >= 0.6 is 22.7 Å². The van der Waals surface area contributed by atoms with Gasteiger partial charge in [0.1, 0.15) is 0 Å². The Morgan fingerprint density at radius 1 is 1.15 bits per heavy atom. The average Bonchev–Trinajstić information content (AvgIpc) is 3.34. The predicted molar refractivity (Wildman–Crippen MR) is 106 cm³/mol. The third-order valence-corrected chi connectivity index (χ3v) is 6.77. The molecule has 0 aromatic carbocycles. The van der Waals surface area contributed by atoms with Crippen LogP contribution in [0.3, 0.4) is 0 Å². The summed E-state index contributed by atoms with van der Waals surface area (Å²) in [4.78, 5) is 28.9. The predicted octanol–water partition coefficient (Wildman–Crippen LogP) is 3.31. The maximum Gasteiger partial charge on any atom is 0.276 e. The first-order chi connectivity index (χ1) is 13.0. The van der Waals surface area contributed by atoms with E-state index in [1.807, 2.05) is 36.7 Å². The first kappa shape index (κ1) is 17.9. The molecule has 1 atom stereocenters. The van der Waals surface area contributed by atoms with Crippen LogP contribution in [0.15, 0.2) is 46.0 Å². The Balaban J connectivity index is 1.94. The third kappa shape index (κ3) is 2.98. The number of hydrogen-bond donors (Lipinski definition) is 1. The summed E-state index contributed by atoms with van der Waals surface area (Å²) in [6.45, 7) is 4.32. The molecule has 1 N–H and O–H groups in total. The van der Waals surface area contributed by atoms with Crippen molar-refractivity contribution < 1.29 is 9.90 Å². The van der Waals surface area contributed by atoms with E-state index in [9.17, 15) is 14.7 Å². The Morgan fingerprint density at radius 2 is 1.78 bits per heavy atom. The van der Waals surface area contributed by atoms with Gasteiger partial charge in [-0.3, -0.25) is 14.3 Å². The van der Waals surface area contributed by atoms with Crippen molar-refractivity contribution in [2.45, 2.75) is 31.8 Å². The van der Waals surface area contributed by atoms with E-state index in [-0.39, 0.29) is 29.6 Å². The first-order valence-corrected chi connectivity index (χ1v) is 10.4. The highest BCUT2D eigenvalue weighted by Gasteiger charge is 2.40. The molecule has 8 heteroatoms. The van der Waals surface area contributed by atoms with Crippen LogP contribution in [0.1, 0.15) is 46.0 Å². The fraction of sp³-hybridized carbons (Fsp3) is 0.316. The number of aromatic hydroxyl groups is 1. The minimum absolute atomic E-state index is 0.0208. The van der Waals surface area contributed by atoms with Crippen molar-refractivity contribution in [3.63, 3.8) is 0 Å². The highest BCUT2D eigenvalue weighted by atomic mass is 32.1. The molecule has 4 heterocycles. The Kier molecular flexibility index (Phi) is 4.61. The molecule has 1 aliphatic heterocycles. The molecule has 140 valence electrons. The van der Waals surface area contributed by atoms with E-state index in [4.69, 9.17) is 0 Å². The molecule has 3 aromatic heterocycles. The van der Waals surface area contributed by atoms with Gasteiger partial charge in [0.05, 0.1) is 18.2 Å². The Hall–Kier alpha value is -2.45. The van der Waals surface area contributed by atoms with E-state index in [1.54, 1.807) is 32.3 Å². The van der Waals surface area contributed by atoms with E-state index in [2.05, 4.69) is 17.2 Å². The molecule has 0 fully saturated rings. The van der Waals surface area contributed by atoms with Crippen LogP contribution in [-0.2, 0) is 0 Å². The van der Waals surface area contributed by atoms with Crippen LogP contribution in [0.4, 0.5) is 0 Å². The molecule has 0 saturated carbocycles. The molecule has 1 amide bonds. The van der Waals surface area contributed by atoms with Crippen molar-refractivity contribution in [2.24, 2.45) is 0 Å². The zero-order valence-corrected chi connectivity index (χ0v) is 16.5. The quantitative estimate of drug-likeness (QED) is 0.728. The van der Waals surface area contributed by atoms with Gasteiger partial charge < -0.3 is 10.0 Å². The van der Waals surface area contributed by atoms with Crippen molar-refractivity contribution in [3.05, 3.63) is 66.9 Å². The summed E-state index contributed by atoms with van der Waals surface area (Å²) in [5.41, 5.74) is -0.659. The fourth-order valence-electron chi connectivity index (χ4n) is 3.56. The van der Waals surface area contributed by atoms with E-state index >= 15 is 0 Å². The summed E-state index contributed by atoms with van der Waals surface area (Å²) in [6.07, 6.45) is 1.09. The third-order valence-electron chi connectivity index (χ3n) is 4.86. The maximum atomic E-state index is 12.9. The summed E-state index contributed by atoms with van der Waals surface area (Å²) < 4.78 is 1.54. The van der Waals surface area contributed by atoms with Crippen molar-refractivity contribution in [2.75, 3.05) is 6.54 Å². The molecule has 3 aromatic rings. The Morgan fingerprint density at radius 3 is 2.30 bits per heavy atom. The second kappa shape index (κ2) is 6.94. The van der Waals surface area contributed by atoms with E-state index < -0.39 is 11.2 Å². The average molecular weight is 402 g/mol. The fourth-order valence-corrected chi connectivity index (χ4v) is 5.43. The van der Waals surface area contributed by atoms with Crippen molar-refractivity contribution in [1.29, 1.82) is 0 Å². The molecule has 0 unspecified atom stereocenters. The summed E-state index contributed by atoms with van der Waals surface area (Å²) in [5.74, 6) is -0.908. The molecule has 0 aliphatic carbocycles. The van der Waals surface area contributed by atoms with Crippen molar-refractivity contribution in [1.82, 2.24) is 14.7 Å². The van der Waals surface area contributed by atoms with Crippen molar-refractivity contribution in [3.8, 4) is 5.75 Å². The van der Waals surface area contributed by atoms with Crippen LogP contribution in [0.5, 0.6) is 5.75 Å². The molecule has 0 spiro atoms. The number of carbonyl (C=O) groups excluding carboxylic acids is 1. The van der Waals surface area contributed by atoms with Gasteiger partial charge in [0.2, 0.25) is 5.43 Å².